The Morgan fingerprint density at radius 1 is 1.02 bits per heavy atom. The number of fused-ring (bicyclic) bond motifs is 1. The van der Waals surface area contributed by atoms with Crippen LogP contribution in [0.25, 0.3) is 22.0 Å². The molecule has 0 bridgehead atoms. The summed E-state index contributed by atoms with van der Waals surface area (Å²) in [6, 6.07) is 9.48. The monoisotopic (exact) mass is 601 g/mol. The van der Waals surface area contributed by atoms with Gasteiger partial charge in [-0.25, -0.2) is 13.2 Å². The Bertz CT molecular complexity index is 1850. The molecule has 0 saturated heterocycles. The van der Waals surface area contributed by atoms with Gasteiger partial charge in [0.05, 0.1) is 41.7 Å². The van der Waals surface area contributed by atoms with Gasteiger partial charge in [-0.15, -0.1) is 0 Å². The number of hydrogen-bond acceptors (Lipinski definition) is 8. The number of nitrogens with one attached hydrogen (secondary N) is 2. The number of amides is 2. The average molecular weight is 602 g/mol. The zero-order valence-electron chi connectivity index (χ0n) is 21.9. The number of nitrogens with two attached hydrogens (primary N) is 1. The third-order valence-corrected chi connectivity index (χ3v) is 8.35. The van der Waals surface area contributed by atoms with Crippen LogP contribution in [0.2, 0.25) is 5.02 Å². The van der Waals surface area contributed by atoms with E-state index in [0.29, 0.717) is 5.75 Å². The number of benzene rings is 3. The molecular formula is C27H24ClN3O9S. The standard InChI is InChI=1S/C27H24ClN3O9S/c1-4-41(37,38)19-11-16(25(29)33)24(32)22(31-26(34)14-7-6-13(39-2)10-18(14)40-3)21(19)20-15-9-12(28)5-8-17(15)30-23(20)27(35)36/h5-11,30,32H,4H2,1-3H3,(H2,29,33)(H,31,34)(H,35,36). The number of sulfone groups is 1. The largest absolute Gasteiger partial charge is 0.505 e. The summed E-state index contributed by atoms with van der Waals surface area (Å²) in [6.07, 6.45) is 0. The van der Waals surface area contributed by atoms with E-state index in [0.717, 1.165) is 6.07 Å². The molecule has 41 heavy (non-hydrogen) atoms. The van der Waals surface area contributed by atoms with Gasteiger partial charge in [-0.2, -0.15) is 0 Å². The van der Waals surface area contributed by atoms with E-state index in [4.69, 9.17) is 26.8 Å². The maximum absolute atomic E-state index is 13.6. The predicted octanol–water partition coefficient (Wildman–Crippen LogP) is 4.05. The minimum Gasteiger partial charge on any atom is -0.505 e. The quantitative estimate of drug-likeness (QED) is 0.176. The van der Waals surface area contributed by atoms with E-state index in [1.165, 1.54) is 57.5 Å². The normalized spacial score (nSPS) is 11.3. The fourth-order valence-electron chi connectivity index (χ4n) is 4.36. The Morgan fingerprint density at radius 2 is 1.73 bits per heavy atom. The smallest absolute Gasteiger partial charge is 0.352 e. The maximum atomic E-state index is 13.6. The molecule has 0 spiro atoms. The number of aromatic amines is 1. The zero-order chi connectivity index (χ0) is 30.2. The van der Waals surface area contributed by atoms with E-state index in [2.05, 4.69) is 10.3 Å². The molecular weight excluding hydrogens is 578 g/mol. The molecule has 0 aliphatic carbocycles. The summed E-state index contributed by atoms with van der Waals surface area (Å²) in [4.78, 5) is 40.4. The molecule has 0 saturated carbocycles. The number of aromatic hydroxyl groups is 1. The summed E-state index contributed by atoms with van der Waals surface area (Å²) in [7, 11) is -1.52. The van der Waals surface area contributed by atoms with Gasteiger partial charge in [0.15, 0.2) is 15.6 Å². The average Bonchev–Trinajstić information content (AvgIpc) is 3.31. The number of carbonyl (C=O) groups excluding carboxylic acids is 2. The van der Waals surface area contributed by atoms with Gasteiger partial charge < -0.3 is 35.7 Å². The second-order valence-electron chi connectivity index (χ2n) is 8.68. The van der Waals surface area contributed by atoms with Crippen LogP contribution < -0.4 is 20.5 Å². The molecule has 0 atom stereocenters. The van der Waals surface area contributed by atoms with Crippen molar-refractivity contribution in [2.45, 2.75) is 11.8 Å². The second-order valence-corrected chi connectivity index (χ2v) is 11.4. The zero-order valence-corrected chi connectivity index (χ0v) is 23.4. The number of carboxylic acids is 1. The molecule has 1 aromatic heterocycles. The maximum Gasteiger partial charge on any atom is 0.352 e. The summed E-state index contributed by atoms with van der Waals surface area (Å²) in [5.74, 6) is -4.47. The van der Waals surface area contributed by atoms with Crippen LogP contribution >= 0.6 is 11.6 Å². The lowest BCUT2D eigenvalue weighted by Gasteiger charge is -2.20. The van der Waals surface area contributed by atoms with Crippen molar-refractivity contribution in [2.24, 2.45) is 5.73 Å². The van der Waals surface area contributed by atoms with Gasteiger partial charge in [-0.3, -0.25) is 9.59 Å². The highest BCUT2D eigenvalue weighted by molar-refractivity contribution is 7.91. The third-order valence-electron chi connectivity index (χ3n) is 6.36. The first-order chi connectivity index (χ1) is 19.3. The van der Waals surface area contributed by atoms with E-state index in [1.807, 2.05) is 0 Å². The SMILES string of the molecule is CCS(=O)(=O)c1cc(C(N)=O)c(O)c(NC(=O)c2ccc(OC)cc2OC)c1-c1c(C(=O)O)[nH]c2ccc(Cl)cc12. The van der Waals surface area contributed by atoms with Crippen LogP contribution in [-0.2, 0) is 9.84 Å². The van der Waals surface area contributed by atoms with Crippen molar-refractivity contribution in [3.05, 3.63) is 64.3 Å². The fourth-order valence-corrected chi connectivity index (χ4v) is 5.65. The lowest BCUT2D eigenvalue weighted by atomic mass is 9.96. The van der Waals surface area contributed by atoms with E-state index in [9.17, 15) is 33.0 Å². The lowest BCUT2D eigenvalue weighted by molar-refractivity contribution is 0.0691. The molecule has 4 aromatic rings. The van der Waals surface area contributed by atoms with Crippen LogP contribution in [0.5, 0.6) is 17.2 Å². The Balaban J connectivity index is 2.15. The summed E-state index contributed by atoms with van der Waals surface area (Å²) >= 11 is 6.20. The molecule has 14 heteroatoms. The van der Waals surface area contributed by atoms with Crippen molar-refractivity contribution < 1.29 is 42.5 Å². The summed E-state index contributed by atoms with van der Waals surface area (Å²) in [6.45, 7) is 1.33. The van der Waals surface area contributed by atoms with E-state index in [-0.39, 0.29) is 38.4 Å². The second kappa shape index (κ2) is 11.0. The Hall–Kier alpha value is -4.75. The molecule has 4 rings (SSSR count). The van der Waals surface area contributed by atoms with Gasteiger partial charge in [0.25, 0.3) is 11.8 Å². The number of hydrogen-bond donors (Lipinski definition) is 5. The first kappa shape index (κ1) is 29.2. The number of aromatic nitrogens is 1. The van der Waals surface area contributed by atoms with Crippen LogP contribution in [0.3, 0.4) is 0 Å². The Kier molecular flexibility index (Phi) is 7.86. The van der Waals surface area contributed by atoms with Gasteiger partial charge in [-0.05, 0) is 36.4 Å². The van der Waals surface area contributed by atoms with Crippen LogP contribution in [0, 0.1) is 0 Å². The number of methoxy groups -OCH3 is 2. The predicted molar refractivity (Wildman–Crippen MR) is 151 cm³/mol. The van der Waals surface area contributed by atoms with Crippen molar-refractivity contribution >= 4 is 55.8 Å². The number of halogens is 1. The number of rotatable bonds is 9. The summed E-state index contributed by atoms with van der Waals surface area (Å²) < 4.78 is 37.2. The van der Waals surface area contributed by atoms with Crippen LogP contribution in [0.15, 0.2) is 47.4 Å². The first-order valence-corrected chi connectivity index (χ1v) is 13.9. The Labute approximate surface area is 238 Å². The molecule has 6 N–H and O–H groups in total. The number of aromatic carboxylic acids is 1. The van der Waals surface area contributed by atoms with Gasteiger partial charge in [0, 0.05) is 33.1 Å². The number of carboxylic acid groups (broad SMARTS) is 1. The van der Waals surface area contributed by atoms with Crippen LogP contribution in [0.1, 0.15) is 38.1 Å². The highest BCUT2D eigenvalue weighted by atomic mass is 35.5. The first-order valence-electron chi connectivity index (χ1n) is 11.8. The molecule has 0 radical (unpaired) electrons. The van der Waals surface area contributed by atoms with Crippen molar-refractivity contribution in [3.63, 3.8) is 0 Å². The molecule has 12 nitrogen and oxygen atoms in total. The third kappa shape index (κ3) is 5.24. The van der Waals surface area contributed by atoms with Gasteiger partial charge >= 0.3 is 5.97 Å². The number of primary amides is 1. The number of anilines is 1. The van der Waals surface area contributed by atoms with Gasteiger partial charge in [-0.1, -0.05) is 18.5 Å². The number of phenols is 1. The Morgan fingerprint density at radius 3 is 2.32 bits per heavy atom. The molecule has 3 aromatic carbocycles. The van der Waals surface area contributed by atoms with E-state index in [1.54, 1.807) is 0 Å². The molecule has 214 valence electrons. The molecule has 2 amide bonds. The van der Waals surface area contributed by atoms with Crippen molar-refractivity contribution in [1.82, 2.24) is 4.98 Å². The van der Waals surface area contributed by atoms with Crippen molar-refractivity contribution in [1.29, 1.82) is 0 Å². The minimum atomic E-state index is -4.24. The molecule has 0 unspecified atom stereocenters. The lowest BCUT2D eigenvalue weighted by Crippen LogP contribution is -2.19. The fraction of sp³-hybridized carbons (Fsp3) is 0.148. The minimum absolute atomic E-state index is 0.0524. The van der Waals surface area contributed by atoms with Gasteiger partial charge in [0.2, 0.25) is 0 Å². The number of carbonyl (C=O) groups is 3. The van der Waals surface area contributed by atoms with E-state index < -0.39 is 61.0 Å². The topological polar surface area (TPSA) is 198 Å². The highest BCUT2D eigenvalue weighted by Gasteiger charge is 2.33. The van der Waals surface area contributed by atoms with Crippen molar-refractivity contribution in [3.8, 4) is 28.4 Å². The molecule has 0 fully saturated rings. The molecule has 0 aliphatic rings. The van der Waals surface area contributed by atoms with E-state index >= 15 is 0 Å². The van der Waals surface area contributed by atoms with Crippen molar-refractivity contribution in [2.75, 3.05) is 25.3 Å². The highest BCUT2D eigenvalue weighted by Crippen LogP contribution is 2.47. The summed E-state index contributed by atoms with van der Waals surface area (Å²) in [5.41, 5.74) is 3.44. The van der Waals surface area contributed by atoms with Crippen LogP contribution in [-0.4, -0.2) is 61.4 Å². The number of H-pyrrole nitrogens is 1. The molecule has 1 heterocycles. The summed E-state index contributed by atoms with van der Waals surface area (Å²) in [5, 5.41) is 24.1. The molecule has 0 aliphatic heterocycles. The van der Waals surface area contributed by atoms with Gasteiger partial charge in [0.1, 0.15) is 17.2 Å². The van der Waals surface area contributed by atoms with Crippen LogP contribution in [0.4, 0.5) is 5.69 Å². The number of ether oxygens (including phenoxy) is 2.